The van der Waals surface area contributed by atoms with Crippen molar-refractivity contribution in [2.45, 2.75) is 6.42 Å². The summed E-state index contributed by atoms with van der Waals surface area (Å²) in [4.78, 5) is 15.5. The number of sulfonamides is 1. The zero-order valence-electron chi connectivity index (χ0n) is 9.74. The lowest BCUT2D eigenvalue weighted by Gasteiger charge is -2.33. The van der Waals surface area contributed by atoms with E-state index in [-0.39, 0.29) is 11.7 Å². The first-order valence-corrected chi connectivity index (χ1v) is 7.44. The predicted molar refractivity (Wildman–Crippen MR) is 66.3 cm³/mol. The maximum absolute atomic E-state index is 12.0. The van der Waals surface area contributed by atoms with Gasteiger partial charge in [-0.1, -0.05) is 0 Å². The topological polar surface area (TPSA) is 70.0 Å². The number of amides is 1. The van der Waals surface area contributed by atoms with Gasteiger partial charge in [-0.15, -0.1) is 4.40 Å². The number of amidine groups is 1. The number of nitrogens with zero attached hydrogens (tertiary/aromatic N) is 3. The lowest BCUT2D eigenvalue weighted by atomic mass is 10.1. The number of hydrogen-bond acceptors (Lipinski definition) is 4. The fraction of sp³-hybridized carbons (Fsp3) is 0.455. The summed E-state index contributed by atoms with van der Waals surface area (Å²) < 4.78 is 26.3. The van der Waals surface area contributed by atoms with E-state index in [2.05, 4.69) is 4.40 Å². The third-order valence-electron chi connectivity index (χ3n) is 3.21. The molecule has 3 rings (SSSR count). The van der Waals surface area contributed by atoms with Crippen molar-refractivity contribution in [1.82, 2.24) is 9.80 Å². The summed E-state index contributed by atoms with van der Waals surface area (Å²) in [6, 6.07) is 0. The second kappa shape index (κ2) is 3.94. The van der Waals surface area contributed by atoms with Gasteiger partial charge in [-0.2, -0.15) is 0 Å². The Kier molecular flexibility index (Phi) is 2.51. The number of hydrogen-bond donors (Lipinski definition) is 0. The Labute approximate surface area is 105 Å². The first-order chi connectivity index (χ1) is 8.55. The molecule has 0 radical (unpaired) electrons. The number of carbonyl (C=O) groups is 1. The summed E-state index contributed by atoms with van der Waals surface area (Å²) in [5, 5.41) is 0. The Bertz CT molecular complexity index is 585. The van der Waals surface area contributed by atoms with Gasteiger partial charge < -0.3 is 9.80 Å². The molecule has 0 spiro atoms. The summed E-state index contributed by atoms with van der Waals surface area (Å²) in [5.41, 5.74) is 0.591. The van der Waals surface area contributed by atoms with Gasteiger partial charge in [0, 0.05) is 25.8 Å². The molecule has 1 fully saturated rings. The molecule has 3 heterocycles. The van der Waals surface area contributed by atoms with Crippen molar-refractivity contribution in [1.29, 1.82) is 0 Å². The minimum Gasteiger partial charge on any atom is -0.338 e. The van der Waals surface area contributed by atoms with E-state index in [1.54, 1.807) is 28.2 Å². The van der Waals surface area contributed by atoms with E-state index < -0.39 is 10.0 Å². The predicted octanol–water partition coefficient (Wildman–Crippen LogP) is -0.284. The smallest absolute Gasteiger partial charge is 0.256 e. The van der Waals surface area contributed by atoms with Crippen LogP contribution in [0, 0.1) is 0 Å². The molecule has 3 aliphatic rings. The lowest BCUT2D eigenvalue weighted by Crippen LogP contribution is -2.44. The van der Waals surface area contributed by atoms with Crippen LogP contribution in [0.25, 0.3) is 0 Å². The van der Waals surface area contributed by atoms with E-state index in [0.29, 0.717) is 18.0 Å². The quantitative estimate of drug-likeness (QED) is 0.655. The van der Waals surface area contributed by atoms with Crippen LogP contribution in [-0.4, -0.2) is 55.3 Å². The summed E-state index contributed by atoms with van der Waals surface area (Å²) >= 11 is 0. The van der Waals surface area contributed by atoms with Gasteiger partial charge in [-0.3, -0.25) is 4.79 Å². The van der Waals surface area contributed by atoms with Crippen LogP contribution < -0.4 is 0 Å². The molecule has 1 amide bonds. The van der Waals surface area contributed by atoms with Crippen LogP contribution >= 0.6 is 0 Å². The molecule has 6 nitrogen and oxygen atoms in total. The van der Waals surface area contributed by atoms with Crippen LogP contribution in [0.4, 0.5) is 0 Å². The maximum atomic E-state index is 12.0. The molecule has 0 atom stereocenters. The zero-order valence-corrected chi connectivity index (χ0v) is 10.6. The van der Waals surface area contributed by atoms with E-state index in [9.17, 15) is 13.2 Å². The normalized spacial score (nSPS) is 24.9. The molecule has 1 saturated heterocycles. The number of likely N-dealkylation sites (tertiary alicyclic amines) is 1. The molecular formula is C11H13N3O3S. The van der Waals surface area contributed by atoms with Crippen molar-refractivity contribution in [2.24, 2.45) is 4.40 Å². The maximum Gasteiger partial charge on any atom is 0.256 e. The van der Waals surface area contributed by atoms with Crippen LogP contribution in [-0.2, 0) is 14.8 Å². The highest BCUT2D eigenvalue weighted by molar-refractivity contribution is 7.90. The number of rotatable bonds is 1. The minimum atomic E-state index is -3.33. The first-order valence-electron chi connectivity index (χ1n) is 5.84. The van der Waals surface area contributed by atoms with Gasteiger partial charge in [0.15, 0.2) is 0 Å². The van der Waals surface area contributed by atoms with E-state index >= 15 is 0 Å². The van der Waals surface area contributed by atoms with Crippen molar-refractivity contribution in [3.63, 3.8) is 0 Å². The van der Waals surface area contributed by atoms with E-state index in [1.807, 2.05) is 0 Å². The second-order valence-electron chi connectivity index (χ2n) is 4.49. The average Bonchev–Trinajstić information content (AvgIpc) is 2.24. The second-order valence-corrected chi connectivity index (χ2v) is 6.25. The molecule has 7 heteroatoms. The highest BCUT2D eigenvalue weighted by Crippen LogP contribution is 2.19. The Morgan fingerprint density at radius 1 is 1.22 bits per heavy atom. The molecule has 0 aromatic rings. The summed E-state index contributed by atoms with van der Waals surface area (Å²) in [6.07, 6.45) is 5.96. The summed E-state index contributed by atoms with van der Waals surface area (Å²) in [6.45, 7) is 1.96. The van der Waals surface area contributed by atoms with Crippen molar-refractivity contribution in [2.75, 3.05) is 25.4 Å². The van der Waals surface area contributed by atoms with Crippen molar-refractivity contribution >= 4 is 21.8 Å². The van der Waals surface area contributed by atoms with Crippen molar-refractivity contribution in [3.8, 4) is 0 Å². The van der Waals surface area contributed by atoms with Crippen LogP contribution in [0.1, 0.15) is 6.42 Å². The molecular weight excluding hydrogens is 254 g/mol. The summed E-state index contributed by atoms with van der Waals surface area (Å²) in [7, 11) is -3.33. The Balaban J connectivity index is 1.84. The minimum absolute atomic E-state index is 0.00461. The highest BCUT2D eigenvalue weighted by atomic mass is 32.2. The van der Waals surface area contributed by atoms with Gasteiger partial charge in [-0.25, -0.2) is 8.42 Å². The molecule has 0 bridgehead atoms. The van der Waals surface area contributed by atoms with Crippen LogP contribution in [0.3, 0.4) is 0 Å². The molecule has 0 unspecified atom stereocenters. The standard InChI is InChI=1S/C11H13N3O3S/c15-11(13-4-1-5-13)9-2-3-10-12-18(16,17)7-6-14(10)8-9/h2-3,8H,1,4-7H2. The molecule has 0 aromatic carbocycles. The molecule has 18 heavy (non-hydrogen) atoms. The van der Waals surface area contributed by atoms with Gasteiger partial charge in [0.25, 0.3) is 15.9 Å². The Hall–Kier alpha value is -1.63. The van der Waals surface area contributed by atoms with Crippen molar-refractivity contribution in [3.05, 3.63) is 23.9 Å². The third kappa shape index (κ3) is 1.94. The third-order valence-corrected chi connectivity index (χ3v) is 4.38. The van der Waals surface area contributed by atoms with Gasteiger partial charge in [0.1, 0.15) is 5.84 Å². The first kappa shape index (κ1) is 11.5. The summed E-state index contributed by atoms with van der Waals surface area (Å²) in [5.74, 6) is 0.387. The molecule has 0 aliphatic carbocycles. The number of carbonyl (C=O) groups excluding carboxylic acids is 1. The van der Waals surface area contributed by atoms with Crippen molar-refractivity contribution < 1.29 is 13.2 Å². The molecule has 0 saturated carbocycles. The SMILES string of the molecule is O=C(C1=CN2CCS(=O)(=O)N=C2C=C1)N1CCC1. The monoisotopic (exact) mass is 267 g/mol. The lowest BCUT2D eigenvalue weighted by molar-refractivity contribution is -0.130. The van der Waals surface area contributed by atoms with Crippen LogP contribution in [0.15, 0.2) is 28.3 Å². The van der Waals surface area contributed by atoms with Gasteiger partial charge in [0.2, 0.25) is 0 Å². The van der Waals surface area contributed by atoms with Gasteiger partial charge >= 0.3 is 0 Å². The Morgan fingerprint density at radius 2 is 2.00 bits per heavy atom. The van der Waals surface area contributed by atoms with E-state index in [0.717, 1.165) is 19.5 Å². The molecule has 0 aromatic heterocycles. The van der Waals surface area contributed by atoms with Crippen LogP contribution in [0.5, 0.6) is 0 Å². The fourth-order valence-corrected chi connectivity index (χ4v) is 3.00. The highest BCUT2D eigenvalue weighted by Gasteiger charge is 2.28. The van der Waals surface area contributed by atoms with Gasteiger partial charge in [0.05, 0.1) is 11.3 Å². The van der Waals surface area contributed by atoms with Gasteiger partial charge in [-0.05, 0) is 18.6 Å². The zero-order chi connectivity index (χ0) is 12.8. The van der Waals surface area contributed by atoms with Crippen LogP contribution in [0.2, 0.25) is 0 Å². The van der Waals surface area contributed by atoms with E-state index in [4.69, 9.17) is 0 Å². The average molecular weight is 267 g/mol. The largest absolute Gasteiger partial charge is 0.338 e. The molecule has 0 N–H and O–H groups in total. The number of fused-ring (bicyclic) bond motifs is 1. The fourth-order valence-electron chi connectivity index (χ4n) is 2.03. The molecule has 96 valence electrons. The van der Waals surface area contributed by atoms with E-state index in [1.165, 1.54) is 0 Å². The Morgan fingerprint density at radius 3 is 2.67 bits per heavy atom. The molecule has 3 aliphatic heterocycles.